The molecule has 20 heavy (non-hydrogen) atoms. The van der Waals surface area contributed by atoms with E-state index in [2.05, 4.69) is 15.1 Å². The molecule has 2 rings (SSSR count). The number of nitrogens with zero attached hydrogens (tertiary/aromatic N) is 3. The van der Waals surface area contributed by atoms with E-state index in [1.54, 1.807) is 12.1 Å². The van der Waals surface area contributed by atoms with Gasteiger partial charge in [0.1, 0.15) is 0 Å². The van der Waals surface area contributed by atoms with Crippen LogP contribution in [-0.4, -0.2) is 21.0 Å². The molecule has 2 aromatic rings. The number of aryl methyl sites for hydroxylation is 2. The molecular weight excluding hydrogens is 256 g/mol. The van der Waals surface area contributed by atoms with E-state index >= 15 is 0 Å². The van der Waals surface area contributed by atoms with Gasteiger partial charge in [0.15, 0.2) is 11.6 Å². The molecule has 3 N–H and O–H groups in total. The smallest absolute Gasteiger partial charge is 0.219 e. The molecule has 0 saturated heterocycles. The molecule has 0 aliphatic heterocycles. The maximum Gasteiger partial charge on any atom is 0.219 e. The van der Waals surface area contributed by atoms with Crippen molar-refractivity contribution in [2.75, 3.05) is 0 Å². The highest BCUT2D eigenvalue weighted by Gasteiger charge is 2.07. The molecule has 104 valence electrons. The first-order valence-electron chi connectivity index (χ1n) is 6.22. The van der Waals surface area contributed by atoms with E-state index in [4.69, 9.17) is 15.7 Å². The van der Waals surface area contributed by atoms with Crippen LogP contribution in [0.15, 0.2) is 35.6 Å². The molecule has 0 aliphatic carbocycles. The van der Waals surface area contributed by atoms with Crippen molar-refractivity contribution in [2.24, 2.45) is 10.9 Å². The lowest BCUT2D eigenvalue weighted by molar-refractivity contribution is 0.318. The first kappa shape index (κ1) is 13.8. The zero-order valence-corrected chi connectivity index (χ0v) is 11.4. The zero-order chi connectivity index (χ0) is 14.5. The fourth-order valence-corrected chi connectivity index (χ4v) is 1.71. The van der Waals surface area contributed by atoms with Crippen LogP contribution in [0.25, 0.3) is 0 Å². The third kappa shape index (κ3) is 3.03. The van der Waals surface area contributed by atoms with Crippen molar-refractivity contribution in [1.82, 2.24) is 9.97 Å². The largest absolute Gasteiger partial charge is 0.437 e. The Balaban J connectivity index is 2.22. The Morgan fingerprint density at radius 3 is 2.75 bits per heavy atom. The Labute approximate surface area is 116 Å². The summed E-state index contributed by atoms with van der Waals surface area (Å²) in [4.78, 5) is 8.54. The van der Waals surface area contributed by atoms with Crippen LogP contribution >= 0.6 is 0 Å². The molecular formula is C14H16N4O2. The highest BCUT2D eigenvalue weighted by Crippen LogP contribution is 2.23. The monoisotopic (exact) mass is 272 g/mol. The molecule has 0 fully saturated rings. The fraction of sp³-hybridized carbons (Fsp3) is 0.214. The van der Waals surface area contributed by atoms with E-state index in [0.717, 1.165) is 17.8 Å². The lowest BCUT2D eigenvalue weighted by Crippen LogP contribution is -2.13. The van der Waals surface area contributed by atoms with Crippen LogP contribution in [0.3, 0.4) is 0 Å². The minimum absolute atomic E-state index is 0.00954. The summed E-state index contributed by atoms with van der Waals surface area (Å²) in [7, 11) is 0. The van der Waals surface area contributed by atoms with E-state index in [9.17, 15) is 0 Å². The fourth-order valence-electron chi connectivity index (χ4n) is 1.71. The van der Waals surface area contributed by atoms with Gasteiger partial charge in [-0.25, -0.2) is 4.98 Å². The van der Waals surface area contributed by atoms with Crippen LogP contribution in [-0.2, 0) is 6.42 Å². The lowest BCUT2D eigenvalue weighted by atomic mass is 10.2. The predicted molar refractivity (Wildman–Crippen MR) is 75.2 cm³/mol. The molecule has 6 heteroatoms. The third-order valence-corrected chi connectivity index (χ3v) is 2.76. The Hall–Kier alpha value is -2.63. The number of oxime groups is 1. The van der Waals surface area contributed by atoms with Gasteiger partial charge in [0.2, 0.25) is 5.88 Å². The number of ether oxygens (including phenoxy) is 1. The van der Waals surface area contributed by atoms with Crippen LogP contribution in [0.1, 0.15) is 23.9 Å². The summed E-state index contributed by atoms with van der Waals surface area (Å²) in [5.41, 5.74) is 7.82. The van der Waals surface area contributed by atoms with Crippen molar-refractivity contribution in [3.63, 3.8) is 0 Å². The molecule has 0 amide bonds. The standard InChI is InChI=1S/C14H16N4O2/c1-3-11-12(6-4-9(2)17-11)20-13-7-5-10(8-16-13)14(15)18-19/h4-8,19H,3H2,1-2H3,(H2,15,18). The SMILES string of the molecule is CCc1nc(C)ccc1Oc1ccc(/C(N)=N/O)cn1. The lowest BCUT2D eigenvalue weighted by Gasteiger charge is -2.09. The first-order chi connectivity index (χ1) is 9.63. The van der Waals surface area contributed by atoms with Crippen LogP contribution in [0.2, 0.25) is 0 Å². The highest BCUT2D eigenvalue weighted by molar-refractivity contribution is 5.96. The van der Waals surface area contributed by atoms with Gasteiger partial charge in [-0.1, -0.05) is 12.1 Å². The van der Waals surface area contributed by atoms with Crippen LogP contribution in [0.5, 0.6) is 11.6 Å². The first-order valence-corrected chi connectivity index (χ1v) is 6.22. The van der Waals surface area contributed by atoms with E-state index in [1.807, 2.05) is 26.0 Å². The van der Waals surface area contributed by atoms with Gasteiger partial charge in [0.25, 0.3) is 0 Å². The van der Waals surface area contributed by atoms with E-state index < -0.39 is 0 Å². The second kappa shape index (κ2) is 6.01. The van der Waals surface area contributed by atoms with Gasteiger partial charge in [0, 0.05) is 23.5 Å². The average Bonchev–Trinajstić information content (AvgIpc) is 2.49. The number of hydrogen-bond donors (Lipinski definition) is 2. The summed E-state index contributed by atoms with van der Waals surface area (Å²) >= 11 is 0. The number of pyridine rings is 2. The van der Waals surface area contributed by atoms with Crippen molar-refractivity contribution in [1.29, 1.82) is 0 Å². The molecule has 0 radical (unpaired) electrons. The number of hydrogen-bond acceptors (Lipinski definition) is 5. The molecule has 0 spiro atoms. The van der Waals surface area contributed by atoms with Gasteiger partial charge >= 0.3 is 0 Å². The van der Waals surface area contributed by atoms with Gasteiger partial charge in [-0.2, -0.15) is 0 Å². The van der Waals surface area contributed by atoms with Gasteiger partial charge in [-0.3, -0.25) is 4.98 Å². The molecule has 0 aliphatic rings. The highest BCUT2D eigenvalue weighted by atomic mass is 16.5. The number of rotatable bonds is 4. The Kier molecular flexibility index (Phi) is 4.14. The third-order valence-electron chi connectivity index (χ3n) is 2.76. The molecule has 0 atom stereocenters. The Morgan fingerprint density at radius 2 is 2.15 bits per heavy atom. The van der Waals surface area contributed by atoms with Crippen molar-refractivity contribution in [2.45, 2.75) is 20.3 Å². The summed E-state index contributed by atoms with van der Waals surface area (Å²) in [5, 5.41) is 11.5. The molecule has 0 bridgehead atoms. The quantitative estimate of drug-likeness (QED) is 0.385. The van der Waals surface area contributed by atoms with Gasteiger partial charge in [-0.05, 0) is 31.5 Å². The number of aromatic nitrogens is 2. The minimum Gasteiger partial charge on any atom is -0.437 e. The van der Waals surface area contributed by atoms with Crippen molar-refractivity contribution >= 4 is 5.84 Å². The summed E-state index contributed by atoms with van der Waals surface area (Å²) in [6, 6.07) is 7.09. The average molecular weight is 272 g/mol. The van der Waals surface area contributed by atoms with Gasteiger partial charge in [0.05, 0.1) is 5.69 Å². The number of nitrogens with two attached hydrogens (primary N) is 1. The zero-order valence-electron chi connectivity index (χ0n) is 11.4. The van der Waals surface area contributed by atoms with Crippen LogP contribution < -0.4 is 10.5 Å². The predicted octanol–water partition coefficient (Wildman–Crippen LogP) is 2.23. The summed E-state index contributed by atoms with van der Waals surface area (Å²) < 4.78 is 5.71. The van der Waals surface area contributed by atoms with E-state index in [-0.39, 0.29) is 5.84 Å². The maximum atomic E-state index is 8.58. The topological polar surface area (TPSA) is 93.6 Å². The Bertz CT molecular complexity index is 624. The molecule has 0 saturated carbocycles. The van der Waals surface area contributed by atoms with Crippen molar-refractivity contribution in [3.05, 3.63) is 47.4 Å². The summed E-state index contributed by atoms with van der Waals surface area (Å²) in [6.45, 7) is 3.95. The second-order valence-corrected chi connectivity index (χ2v) is 4.22. The molecule has 6 nitrogen and oxygen atoms in total. The van der Waals surface area contributed by atoms with Crippen molar-refractivity contribution in [3.8, 4) is 11.6 Å². The van der Waals surface area contributed by atoms with Crippen LogP contribution in [0, 0.1) is 6.92 Å². The molecule has 0 aromatic carbocycles. The molecule has 0 unspecified atom stereocenters. The van der Waals surface area contributed by atoms with Gasteiger partial charge in [-0.15, -0.1) is 0 Å². The van der Waals surface area contributed by atoms with Gasteiger partial charge < -0.3 is 15.7 Å². The van der Waals surface area contributed by atoms with Crippen molar-refractivity contribution < 1.29 is 9.94 Å². The minimum atomic E-state index is 0.00954. The second-order valence-electron chi connectivity index (χ2n) is 4.22. The number of amidine groups is 1. The Morgan fingerprint density at radius 1 is 1.35 bits per heavy atom. The van der Waals surface area contributed by atoms with E-state index in [1.165, 1.54) is 6.20 Å². The summed E-state index contributed by atoms with van der Waals surface area (Å²) in [5.74, 6) is 1.12. The molecule has 2 heterocycles. The maximum absolute atomic E-state index is 8.58. The summed E-state index contributed by atoms with van der Waals surface area (Å²) in [6.07, 6.45) is 2.26. The molecule has 2 aromatic heterocycles. The normalized spacial score (nSPS) is 11.4. The van der Waals surface area contributed by atoms with E-state index in [0.29, 0.717) is 17.2 Å². The van der Waals surface area contributed by atoms with Crippen LogP contribution in [0.4, 0.5) is 0 Å².